The summed E-state index contributed by atoms with van der Waals surface area (Å²) in [4.78, 5) is 6.55. The van der Waals surface area contributed by atoms with Crippen molar-refractivity contribution in [3.05, 3.63) is 29.8 Å². The van der Waals surface area contributed by atoms with Gasteiger partial charge >= 0.3 is 6.18 Å². The Morgan fingerprint density at radius 1 is 1.19 bits per heavy atom. The van der Waals surface area contributed by atoms with E-state index in [-0.39, 0.29) is 5.75 Å². The van der Waals surface area contributed by atoms with Gasteiger partial charge in [0.05, 0.1) is 0 Å². The molecule has 1 saturated heterocycles. The Balaban J connectivity index is 1.72. The molecular formula is C18H27F3N4O. The van der Waals surface area contributed by atoms with Gasteiger partial charge in [0, 0.05) is 20.1 Å². The largest absolute Gasteiger partial charge is 0.484 e. The van der Waals surface area contributed by atoms with Crippen molar-refractivity contribution in [2.75, 3.05) is 40.3 Å². The van der Waals surface area contributed by atoms with E-state index >= 15 is 0 Å². The number of hydrogen-bond donors (Lipinski definition) is 2. The summed E-state index contributed by atoms with van der Waals surface area (Å²) < 4.78 is 41.1. The number of alkyl halides is 3. The SMILES string of the molecule is CN=C(NCc1ccc(OCC(F)(F)F)cc1)NCC1CCN(C)CC1. The van der Waals surface area contributed by atoms with Crippen LogP contribution >= 0.6 is 0 Å². The lowest BCUT2D eigenvalue weighted by atomic mass is 9.97. The van der Waals surface area contributed by atoms with E-state index in [4.69, 9.17) is 4.74 Å². The molecule has 1 aromatic rings. The van der Waals surface area contributed by atoms with E-state index in [0.29, 0.717) is 12.5 Å². The molecule has 1 aliphatic rings. The number of halogens is 3. The van der Waals surface area contributed by atoms with Crippen LogP contribution in [-0.4, -0.2) is 57.4 Å². The van der Waals surface area contributed by atoms with Crippen molar-refractivity contribution >= 4 is 5.96 Å². The Morgan fingerprint density at radius 2 is 1.85 bits per heavy atom. The van der Waals surface area contributed by atoms with Crippen LogP contribution in [-0.2, 0) is 6.54 Å². The number of benzene rings is 1. The van der Waals surface area contributed by atoms with Gasteiger partial charge < -0.3 is 20.3 Å². The zero-order chi connectivity index (χ0) is 19.0. The molecule has 0 amide bonds. The smallest absolute Gasteiger partial charge is 0.422 e. The Labute approximate surface area is 152 Å². The molecule has 1 fully saturated rings. The average molecular weight is 372 g/mol. The molecule has 1 heterocycles. The van der Waals surface area contributed by atoms with E-state index < -0.39 is 12.8 Å². The number of rotatable bonds is 6. The molecule has 1 aromatic carbocycles. The number of likely N-dealkylation sites (tertiary alicyclic amines) is 1. The number of guanidine groups is 1. The first kappa shape index (κ1) is 20.4. The molecule has 0 aliphatic carbocycles. The second kappa shape index (κ2) is 9.66. The number of nitrogens with zero attached hydrogens (tertiary/aromatic N) is 2. The predicted octanol–water partition coefficient (Wildman–Crippen LogP) is 2.63. The first-order valence-electron chi connectivity index (χ1n) is 8.77. The lowest BCUT2D eigenvalue weighted by molar-refractivity contribution is -0.153. The number of piperidine rings is 1. The van der Waals surface area contributed by atoms with Crippen LogP contribution in [0.1, 0.15) is 18.4 Å². The molecule has 8 heteroatoms. The van der Waals surface area contributed by atoms with Crippen molar-refractivity contribution < 1.29 is 17.9 Å². The second-order valence-electron chi connectivity index (χ2n) is 6.60. The van der Waals surface area contributed by atoms with E-state index in [2.05, 4.69) is 27.6 Å². The standard InChI is InChI=1S/C18H27F3N4O/c1-22-17(24-12-15-7-9-25(2)10-8-15)23-11-14-3-5-16(6-4-14)26-13-18(19,20)21/h3-6,15H,7-13H2,1-2H3,(H2,22,23,24). The number of ether oxygens (including phenoxy) is 1. The van der Waals surface area contributed by atoms with Gasteiger partial charge in [-0.05, 0) is 56.6 Å². The minimum Gasteiger partial charge on any atom is -0.484 e. The zero-order valence-electron chi connectivity index (χ0n) is 15.3. The molecule has 0 spiro atoms. The Hall–Kier alpha value is -1.96. The van der Waals surface area contributed by atoms with Crippen molar-refractivity contribution in [3.8, 4) is 5.75 Å². The first-order valence-corrected chi connectivity index (χ1v) is 8.77. The third-order valence-electron chi connectivity index (χ3n) is 4.41. The summed E-state index contributed by atoms with van der Waals surface area (Å²) in [5, 5.41) is 6.56. The van der Waals surface area contributed by atoms with Gasteiger partial charge in [0.2, 0.25) is 0 Å². The topological polar surface area (TPSA) is 48.9 Å². The highest BCUT2D eigenvalue weighted by Gasteiger charge is 2.28. The molecule has 0 unspecified atom stereocenters. The number of nitrogens with one attached hydrogen (secondary N) is 2. The number of aliphatic imine (C=N–C) groups is 1. The van der Waals surface area contributed by atoms with Crippen LogP contribution in [0.3, 0.4) is 0 Å². The molecule has 2 rings (SSSR count). The monoisotopic (exact) mass is 372 g/mol. The zero-order valence-corrected chi connectivity index (χ0v) is 15.3. The second-order valence-corrected chi connectivity index (χ2v) is 6.60. The lowest BCUT2D eigenvalue weighted by Crippen LogP contribution is -2.41. The summed E-state index contributed by atoms with van der Waals surface area (Å²) in [6.45, 7) is 2.39. The van der Waals surface area contributed by atoms with E-state index in [0.717, 1.165) is 31.2 Å². The quantitative estimate of drug-likeness (QED) is 0.595. The molecule has 0 atom stereocenters. The van der Waals surface area contributed by atoms with Crippen molar-refractivity contribution in [2.24, 2.45) is 10.9 Å². The molecule has 1 aliphatic heterocycles. The maximum Gasteiger partial charge on any atom is 0.422 e. The molecule has 26 heavy (non-hydrogen) atoms. The molecule has 0 radical (unpaired) electrons. The summed E-state index contributed by atoms with van der Waals surface area (Å²) in [6, 6.07) is 6.56. The van der Waals surface area contributed by atoms with E-state index in [1.807, 2.05) is 0 Å². The Morgan fingerprint density at radius 3 is 2.42 bits per heavy atom. The van der Waals surface area contributed by atoms with Crippen LogP contribution in [0.4, 0.5) is 13.2 Å². The van der Waals surface area contributed by atoms with Crippen LogP contribution in [0.25, 0.3) is 0 Å². The van der Waals surface area contributed by atoms with Crippen molar-refractivity contribution in [3.63, 3.8) is 0 Å². The highest BCUT2D eigenvalue weighted by molar-refractivity contribution is 5.79. The van der Waals surface area contributed by atoms with Crippen LogP contribution in [0.5, 0.6) is 5.75 Å². The van der Waals surface area contributed by atoms with Crippen LogP contribution in [0.15, 0.2) is 29.3 Å². The van der Waals surface area contributed by atoms with Crippen molar-refractivity contribution in [1.82, 2.24) is 15.5 Å². The fourth-order valence-corrected chi connectivity index (χ4v) is 2.78. The third-order valence-corrected chi connectivity index (χ3v) is 4.41. The van der Waals surface area contributed by atoms with Gasteiger partial charge in [-0.3, -0.25) is 4.99 Å². The minimum absolute atomic E-state index is 0.204. The van der Waals surface area contributed by atoms with Gasteiger partial charge in [-0.1, -0.05) is 12.1 Å². The molecule has 0 bridgehead atoms. The third kappa shape index (κ3) is 7.51. The summed E-state index contributed by atoms with van der Waals surface area (Å²) in [5.74, 6) is 1.58. The van der Waals surface area contributed by atoms with E-state index in [1.54, 1.807) is 19.2 Å². The fourth-order valence-electron chi connectivity index (χ4n) is 2.78. The average Bonchev–Trinajstić information content (AvgIpc) is 2.62. The molecule has 0 aromatic heterocycles. The molecule has 5 nitrogen and oxygen atoms in total. The summed E-state index contributed by atoms with van der Waals surface area (Å²) in [5.41, 5.74) is 0.937. The van der Waals surface area contributed by atoms with Gasteiger partial charge in [-0.25, -0.2) is 0 Å². The molecule has 146 valence electrons. The minimum atomic E-state index is -4.33. The molecule has 2 N–H and O–H groups in total. The molecular weight excluding hydrogens is 345 g/mol. The Bertz CT molecular complexity index is 567. The van der Waals surface area contributed by atoms with Gasteiger partial charge in [0.1, 0.15) is 5.75 Å². The highest BCUT2D eigenvalue weighted by Crippen LogP contribution is 2.19. The lowest BCUT2D eigenvalue weighted by Gasteiger charge is -2.29. The maximum absolute atomic E-state index is 12.1. The van der Waals surface area contributed by atoms with Gasteiger partial charge in [-0.2, -0.15) is 13.2 Å². The maximum atomic E-state index is 12.1. The van der Waals surface area contributed by atoms with Crippen LogP contribution in [0.2, 0.25) is 0 Å². The van der Waals surface area contributed by atoms with Crippen molar-refractivity contribution in [1.29, 1.82) is 0 Å². The van der Waals surface area contributed by atoms with Crippen LogP contribution < -0.4 is 15.4 Å². The van der Waals surface area contributed by atoms with E-state index in [1.165, 1.54) is 25.0 Å². The normalized spacial score (nSPS) is 17.2. The first-order chi connectivity index (χ1) is 12.4. The predicted molar refractivity (Wildman–Crippen MR) is 96.4 cm³/mol. The van der Waals surface area contributed by atoms with Gasteiger partial charge in [0.15, 0.2) is 12.6 Å². The van der Waals surface area contributed by atoms with E-state index in [9.17, 15) is 13.2 Å². The number of hydrogen-bond acceptors (Lipinski definition) is 3. The summed E-state index contributed by atoms with van der Waals surface area (Å²) in [6.07, 6.45) is -1.97. The summed E-state index contributed by atoms with van der Waals surface area (Å²) in [7, 11) is 3.86. The fraction of sp³-hybridized carbons (Fsp3) is 0.611. The summed E-state index contributed by atoms with van der Waals surface area (Å²) >= 11 is 0. The van der Waals surface area contributed by atoms with Gasteiger partial charge in [0.25, 0.3) is 0 Å². The van der Waals surface area contributed by atoms with Crippen LogP contribution in [0, 0.1) is 5.92 Å². The van der Waals surface area contributed by atoms with Gasteiger partial charge in [-0.15, -0.1) is 0 Å². The molecule has 0 saturated carbocycles. The highest BCUT2D eigenvalue weighted by atomic mass is 19.4. The van der Waals surface area contributed by atoms with Crippen molar-refractivity contribution in [2.45, 2.75) is 25.6 Å². The Kier molecular flexibility index (Phi) is 7.56.